The maximum atomic E-state index is 11.9. The summed E-state index contributed by atoms with van der Waals surface area (Å²) in [5, 5.41) is 0. The van der Waals surface area contributed by atoms with Crippen LogP contribution in [-0.2, 0) is 6.42 Å². The lowest BCUT2D eigenvalue weighted by atomic mass is 10.1. The van der Waals surface area contributed by atoms with Crippen molar-refractivity contribution in [2.24, 2.45) is 0 Å². The van der Waals surface area contributed by atoms with Gasteiger partial charge in [0.15, 0.2) is 5.78 Å². The summed E-state index contributed by atoms with van der Waals surface area (Å²) in [6, 6.07) is 3.61. The number of carbonyl (C=O) groups excluding carboxylic acids is 1. The highest BCUT2D eigenvalue weighted by molar-refractivity contribution is 5.97. The Balaban J connectivity index is 2.17. The van der Waals surface area contributed by atoms with Gasteiger partial charge in [0, 0.05) is 0 Å². The van der Waals surface area contributed by atoms with Gasteiger partial charge >= 0.3 is 0 Å². The summed E-state index contributed by atoms with van der Waals surface area (Å²) in [6.07, 6.45) is 5.18. The van der Waals surface area contributed by atoms with Gasteiger partial charge in [0.1, 0.15) is 17.8 Å². The van der Waals surface area contributed by atoms with Crippen LogP contribution in [0.3, 0.4) is 0 Å². The minimum Gasteiger partial charge on any atom is -0.472 e. The Labute approximate surface area is 106 Å². The second-order valence-corrected chi connectivity index (χ2v) is 4.59. The van der Waals surface area contributed by atoms with E-state index in [0.29, 0.717) is 11.3 Å². The molecule has 2 aromatic rings. The molecule has 0 amide bonds. The second-order valence-electron chi connectivity index (χ2n) is 4.59. The first-order valence-electron chi connectivity index (χ1n) is 5.86. The van der Waals surface area contributed by atoms with Gasteiger partial charge < -0.3 is 8.83 Å². The molecule has 3 nitrogen and oxygen atoms in total. The molecule has 0 atom stereocenters. The number of hydrogen-bond donors (Lipinski definition) is 0. The number of carbonyl (C=O) groups is 1. The Kier molecular flexibility index (Phi) is 3.51. The van der Waals surface area contributed by atoms with Gasteiger partial charge in [0.05, 0.1) is 18.2 Å². The largest absolute Gasteiger partial charge is 0.472 e. The lowest BCUT2D eigenvalue weighted by molar-refractivity contribution is 0.0986. The molecular formula is C15H16O3. The van der Waals surface area contributed by atoms with E-state index in [1.54, 1.807) is 6.07 Å². The van der Waals surface area contributed by atoms with E-state index in [1.165, 1.54) is 12.5 Å². The molecule has 18 heavy (non-hydrogen) atoms. The fraction of sp³-hybridized carbons (Fsp3) is 0.267. The van der Waals surface area contributed by atoms with Crippen molar-refractivity contribution >= 4 is 11.9 Å². The molecule has 0 unspecified atom stereocenters. The Hall–Kier alpha value is -2.03. The van der Waals surface area contributed by atoms with Crippen molar-refractivity contribution in [3.05, 3.63) is 52.9 Å². The number of ketones is 1. The molecule has 2 rings (SSSR count). The van der Waals surface area contributed by atoms with Crippen molar-refractivity contribution in [1.82, 2.24) is 0 Å². The van der Waals surface area contributed by atoms with Crippen LogP contribution in [0.4, 0.5) is 0 Å². The Morgan fingerprint density at radius 1 is 1.39 bits per heavy atom. The van der Waals surface area contributed by atoms with Crippen LogP contribution in [-0.4, -0.2) is 5.78 Å². The molecule has 0 saturated heterocycles. The maximum absolute atomic E-state index is 11.9. The molecule has 3 heteroatoms. The monoisotopic (exact) mass is 244 g/mol. The van der Waals surface area contributed by atoms with Gasteiger partial charge in [-0.3, -0.25) is 4.79 Å². The zero-order valence-electron chi connectivity index (χ0n) is 10.8. The Morgan fingerprint density at radius 3 is 2.78 bits per heavy atom. The molecule has 0 aliphatic rings. The number of rotatable bonds is 4. The van der Waals surface area contributed by atoms with E-state index < -0.39 is 0 Å². The summed E-state index contributed by atoms with van der Waals surface area (Å²) in [6.45, 7) is 5.96. The summed E-state index contributed by atoms with van der Waals surface area (Å²) in [5.74, 6) is 1.51. The average molecular weight is 244 g/mol. The Morgan fingerprint density at radius 2 is 2.17 bits per heavy atom. The first-order valence-corrected chi connectivity index (χ1v) is 5.86. The highest BCUT2D eigenvalue weighted by Gasteiger charge is 2.13. The highest BCUT2D eigenvalue weighted by atomic mass is 16.3. The third kappa shape index (κ3) is 2.80. The molecule has 0 aromatic carbocycles. The molecule has 0 bridgehead atoms. The zero-order valence-corrected chi connectivity index (χ0v) is 10.8. The van der Waals surface area contributed by atoms with Crippen molar-refractivity contribution in [3.63, 3.8) is 0 Å². The van der Waals surface area contributed by atoms with Crippen molar-refractivity contribution in [3.8, 4) is 0 Å². The van der Waals surface area contributed by atoms with Crippen LogP contribution in [0.15, 0.2) is 39.1 Å². The predicted octanol–water partition coefficient (Wildman–Crippen LogP) is 4.03. The summed E-state index contributed by atoms with van der Waals surface area (Å²) < 4.78 is 10.6. The molecule has 0 N–H and O–H groups in total. The van der Waals surface area contributed by atoms with E-state index in [1.807, 2.05) is 32.9 Å². The van der Waals surface area contributed by atoms with E-state index in [4.69, 9.17) is 8.83 Å². The van der Waals surface area contributed by atoms with E-state index in [-0.39, 0.29) is 12.2 Å². The van der Waals surface area contributed by atoms with Crippen LogP contribution in [0.2, 0.25) is 0 Å². The van der Waals surface area contributed by atoms with Crippen molar-refractivity contribution < 1.29 is 13.6 Å². The van der Waals surface area contributed by atoms with Gasteiger partial charge in [-0.15, -0.1) is 0 Å². The lowest BCUT2D eigenvalue weighted by Crippen LogP contribution is -2.01. The second kappa shape index (κ2) is 5.08. The molecule has 0 fully saturated rings. The normalized spacial score (nSPS) is 10.4. The van der Waals surface area contributed by atoms with Crippen LogP contribution in [0.25, 0.3) is 6.08 Å². The molecule has 2 heterocycles. The predicted molar refractivity (Wildman–Crippen MR) is 69.5 cm³/mol. The minimum absolute atomic E-state index is 0.00458. The topological polar surface area (TPSA) is 43.4 Å². The SMILES string of the molecule is CC(C)=Cc1cc(C)c(CC(=O)c2ccoc2)o1. The third-order valence-electron chi connectivity index (χ3n) is 2.63. The summed E-state index contributed by atoms with van der Waals surface area (Å²) in [4.78, 5) is 11.9. The average Bonchev–Trinajstić information content (AvgIpc) is 2.88. The van der Waals surface area contributed by atoms with Crippen LogP contribution >= 0.6 is 0 Å². The number of allylic oxidation sites excluding steroid dienone is 1. The fourth-order valence-corrected chi connectivity index (χ4v) is 1.75. The summed E-state index contributed by atoms with van der Waals surface area (Å²) in [7, 11) is 0. The van der Waals surface area contributed by atoms with Crippen molar-refractivity contribution in [2.45, 2.75) is 27.2 Å². The fourth-order valence-electron chi connectivity index (χ4n) is 1.75. The molecule has 0 spiro atoms. The zero-order chi connectivity index (χ0) is 13.1. The van der Waals surface area contributed by atoms with Gasteiger partial charge in [0.2, 0.25) is 0 Å². The number of hydrogen-bond acceptors (Lipinski definition) is 3. The summed E-state index contributed by atoms with van der Waals surface area (Å²) in [5.41, 5.74) is 2.74. The lowest BCUT2D eigenvalue weighted by Gasteiger charge is -1.96. The smallest absolute Gasteiger partial charge is 0.173 e. The molecule has 0 aliphatic carbocycles. The van der Waals surface area contributed by atoms with Gasteiger partial charge in [-0.1, -0.05) is 5.57 Å². The number of aryl methyl sites for hydroxylation is 1. The highest BCUT2D eigenvalue weighted by Crippen LogP contribution is 2.19. The molecular weight excluding hydrogens is 228 g/mol. The van der Waals surface area contributed by atoms with Crippen molar-refractivity contribution in [2.75, 3.05) is 0 Å². The van der Waals surface area contributed by atoms with Gasteiger partial charge in [-0.2, -0.15) is 0 Å². The third-order valence-corrected chi connectivity index (χ3v) is 2.63. The van der Waals surface area contributed by atoms with Gasteiger partial charge in [-0.25, -0.2) is 0 Å². The molecule has 0 radical (unpaired) electrons. The van der Waals surface area contributed by atoms with Gasteiger partial charge in [0.25, 0.3) is 0 Å². The number of Topliss-reactive ketones (excluding diaryl/α,β-unsaturated/α-hetero) is 1. The van der Waals surface area contributed by atoms with Crippen LogP contribution < -0.4 is 0 Å². The molecule has 0 saturated carbocycles. The summed E-state index contributed by atoms with van der Waals surface area (Å²) >= 11 is 0. The standard InChI is InChI=1S/C15H16O3/c1-10(2)6-13-7-11(3)15(18-13)8-14(16)12-4-5-17-9-12/h4-7,9H,8H2,1-3H3. The van der Waals surface area contributed by atoms with E-state index in [2.05, 4.69) is 0 Å². The first-order chi connectivity index (χ1) is 8.56. The van der Waals surface area contributed by atoms with Crippen LogP contribution in [0.1, 0.15) is 41.3 Å². The van der Waals surface area contributed by atoms with E-state index in [0.717, 1.165) is 16.9 Å². The molecule has 94 valence electrons. The number of furan rings is 2. The molecule has 2 aromatic heterocycles. The maximum Gasteiger partial charge on any atom is 0.173 e. The van der Waals surface area contributed by atoms with Gasteiger partial charge in [-0.05, 0) is 44.5 Å². The van der Waals surface area contributed by atoms with E-state index >= 15 is 0 Å². The van der Waals surface area contributed by atoms with Crippen LogP contribution in [0, 0.1) is 6.92 Å². The quantitative estimate of drug-likeness (QED) is 0.762. The van der Waals surface area contributed by atoms with Crippen LogP contribution in [0.5, 0.6) is 0 Å². The Bertz CT molecular complexity index is 567. The van der Waals surface area contributed by atoms with Crippen molar-refractivity contribution in [1.29, 1.82) is 0 Å². The van der Waals surface area contributed by atoms with E-state index in [9.17, 15) is 4.79 Å². The molecule has 0 aliphatic heterocycles. The minimum atomic E-state index is 0.00458. The first kappa shape index (κ1) is 12.4.